The van der Waals surface area contributed by atoms with Crippen molar-refractivity contribution in [2.24, 2.45) is 0 Å². The maximum atomic E-state index is 5.40. The van der Waals surface area contributed by atoms with E-state index in [4.69, 9.17) is 14.2 Å². The molecule has 0 unspecified atom stereocenters. The molecule has 31 heavy (non-hydrogen) atoms. The Balaban J connectivity index is 1.43. The molecular formula is C22H26N6O3. The first-order valence-electron chi connectivity index (χ1n) is 10.2. The van der Waals surface area contributed by atoms with Crippen LogP contribution in [0.3, 0.4) is 0 Å². The molecule has 1 fully saturated rings. The fraction of sp³-hybridized carbons (Fsp3) is 0.364. The summed E-state index contributed by atoms with van der Waals surface area (Å²) in [4.78, 5) is 20.0. The van der Waals surface area contributed by atoms with Gasteiger partial charge in [0.05, 0.1) is 27.4 Å². The predicted octanol–water partition coefficient (Wildman–Crippen LogP) is 2.44. The van der Waals surface area contributed by atoms with E-state index < -0.39 is 0 Å². The second-order valence-electron chi connectivity index (χ2n) is 7.00. The highest BCUT2D eigenvalue weighted by molar-refractivity contribution is 5.58. The summed E-state index contributed by atoms with van der Waals surface area (Å²) in [5, 5.41) is 3.25. The average Bonchev–Trinajstić information content (AvgIpc) is 2.85. The summed E-state index contributed by atoms with van der Waals surface area (Å²) in [7, 11) is 3.20. The molecule has 1 aliphatic rings. The highest BCUT2D eigenvalue weighted by atomic mass is 16.5. The summed E-state index contributed by atoms with van der Waals surface area (Å²) in [5.41, 5.74) is 1.99. The van der Waals surface area contributed by atoms with Crippen molar-refractivity contribution in [3.8, 4) is 23.1 Å². The lowest BCUT2D eigenvalue weighted by Gasteiger charge is -2.27. The van der Waals surface area contributed by atoms with E-state index in [1.165, 1.54) is 5.56 Å². The SMILES string of the molecule is COc1ccc(CCNc2nc(OC)nc(-c3ccc(N4CCOCC4)nc3)n2)cc1. The van der Waals surface area contributed by atoms with E-state index in [9.17, 15) is 0 Å². The molecule has 3 aromatic rings. The molecule has 1 aliphatic heterocycles. The Kier molecular flexibility index (Phi) is 6.73. The maximum absolute atomic E-state index is 5.40. The molecule has 0 bridgehead atoms. The normalized spacial score (nSPS) is 13.7. The summed E-state index contributed by atoms with van der Waals surface area (Å²) in [5.74, 6) is 2.75. The molecule has 9 nitrogen and oxygen atoms in total. The molecule has 0 spiro atoms. The number of aromatic nitrogens is 4. The molecule has 0 atom stereocenters. The topological polar surface area (TPSA) is 94.5 Å². The van der Waals surface area contributed by atoms with Gasteiger partial charge in [0, 0.05) is 31.4 Å². The second kappa shape index (κ2) is 10.0. The summed E-state index contributed by atoms with van der Waals surface area (Å²) in [6.45, 7) is 3.80. The number of hydrogen-bond acceptors (Lipinski definition) is 9. The minimum absolute atomic E-state index is 0.259. The fourth-order valence-corrected chi connectivity index (χ4v) is 3.26. The number of nitrogens with one attached hydrogen (secondary N) is 1. The number of morpholine rings is 1. The Bertz CT molecular complexity index is 976. The third-order valence-electron chi connectivity index (χ3n) is 4.99. The van der Waals surface area contributed by atoms with E-state index in [0.29, 0.717) is 18.3 Å². The maximum Gasteiger partial charge on any atom is 0.321 e. The van der Waals surface area contributed by atoms with E-state index in [2.05, 4.69) is 30.2 Å². The van der Waals surface area contributed by atoms with Crippen LogP contribution < -0.4 is 19.7 Å². The summed E-state index contributed by atoms with van der Waals surface area (Å²) in [6, 6.07) is 12.2. The van der Waals surface area contributed by atoms with E-state index in [0.717, 1.165) is 49.9 Å². The van der Waals surface area contributed by atoms with Gasteiger partial charge >= 0.3 is 6.01 Å². The third kappa shape index (κ3) is 5.37. The van der Waals surface area contributed by atoms with Crippen LogP contribution in [0.4, 0.5) is 11.8 Å². The van der Waals surface area contributed by atoms with Crippen LogP contribution in [0.1, 0.15) is 5.56 Å². The quantitative estimate of drug-likeness (QED) is 0.587. The van der Waals surface area contributed by atoms with Crippen LogP contribution in [0.25, 0.3) is 11.4 Å². The Morgan fingerprint density at radius 3 is 2.45 bits per heavy atom. The lowest BCUT2D eigenvalue weighted by molar-refractivity contribution is 0.122. The van der Waals surface area contributed by atoms with Gasteiger partial charge in [-0.25, -0.2) is 4.98 Å². The Hall–Kier alpha value is -3.46. The highest BCUT2D eigenvalue weighted by Crippen LogP contribution is 2.21. The zero-order valence-corrected chi connectivity index (χ0v) is 17.7. The van der Waals surface area contributed by atoms with Gasteiger partial charge in [-0.1, -0.05) is 12.1 Å². The number of benzene rings is 1. The van der Waals surface area contributed by atoms with Crippen molar-refractivity contribution in [2.75, 3.05) is 57.3 Å². The van der Waals surface area contributed by atoms with Crippen LogP contribution in [0.5, 0.6) is 11.8 Å². The predicted molar refractivity (Wildman–Crippen MR) is 118 cm³/mol. The van der Waals surface area contributed by atoms with Gasteiger partial charge in [-0.05, 0) is 36.2 Å². The Labute approximate surface area is 181 Å². The van der Waals surface area contributed by atoms with Gasteiger partial charge in [-0.15, -0.1) is 0 Å². The largest absolute Gasteiger partial charge is 0.497 e. The first kappa shape index (κ1) is 20.8. The van der Waals surface area contributed by atoms with E-state index in [1.54, 1.807) is 20.4 Å². The molecule has 0 amide bonds. The smallest absolute Gasteiger partial charge is 0.321 e. The number of rotatable bonds is 8. The standard InChI is InChI=1S/C22H26N6O3/c1-29-18-6-3-16(4-7-18)9-10-23-21-25-20(26-22(27-21)30-2)17-5-8-19(24-15-17)28-11-13-31-14-12-28/h3-8,15H,9-14H2,1-2H3,(H,23,25,26,27). The van der Waals surface area contributed by atoms with Gasteiger partial charge in [-0.2, -0.15) is 15.0 Å². The highest BCUT2D eigenvalue weighted by Gasteiger charge is 2.14. The van der Waals surface area contributed by atoms with Gasteiger partial charge in [0.25, 0.3) is 0 Å². The molecule has 2 aromatic heterocycles. The minimum atomic E-state index is 0.259. The molecule has 0 radical (unpaired) electrons. The van der Waals surface area contributed by atoms with Crippen LogP contribution in [-0.4, -0.2) is 67.0 Å². The van der Waals surface area contributed by atoms with Crippen LogP contribution in [-0.2, 0) is 11.2 Å². The zero-order chi connectivity index (χ0) is 21.5. The van der Waals surface area contributed by atoms with Crippen LogP contribution in [0.15, 0.2) is 42.6 Å². The van der Waals surface area contributed by atoms with Gasteiger partial charge < -0.3 is 24.4 Å². The fourth-order valence-electron chi connectivity index (χ4n) is 3.26. The molecule has 9 heteroatoms. The first-order valence-corrected chi connectivity index (χ1v) is 10.2. The monoisotopic (exact) mass is 422 g/mol. The van der Waals surface area contributed by atoms with Crippen molar-refractivity contribution >= 4 is 11.8 Å². The van der Waals surface area contributed by atoms with Crippen LogP contribution in [0, 0.1) is 0 Å². The summed E-state index contributed by atoms with van der Waals surface area (Å²) in [6.07, 6.45) is 2.60. The molecule has 1 saturated heterocycles. The van der Waals surface area contributed by atoms with Crippen molar-refractivity contribution in [2.45, 2.75) is 6.42 Å². The van der Waals surface area contributed by atoms with Gasteiger partial charge in [0.2, 0.25) is 5.95 Å². The molecule has 0 aliphatic carbocycles. The lowest BCUT2D eigenvalue weighted by atomic mass is 10.1. The Morgan fingerprint density at radius 2 is 1.77 bits per heavy atom. The molecule has 162 valence electrons. The van der Waals surface area contributed by atoms with Crippen molar-refractivity contribution in [1.29, 1.82) is 0 Å². The zero-order valence-electron chi connectivity index (χ0n) is 17.7. The first-order chi connectivity index (χ1) is 15.2. The number of anilines is 2. The third-order valence-corrected chi connectivity index (χ3v) is 4.99. The number of pyridine rings is 1. The van der Waals surface area contributed by atoms with E-state index in [1.807, 2.05) is 36.4 Å². The lowest BCUT2D eigenvalue weighted by Crippen LogP contribution is -2.36. The van der Waals surface area contributed by atoms with Gasteiger partial charge in [0.15, 0.2) is 5.82 Å². The van der Waals surface area contributed by atoms with E-state index >= 15 is 0 Å². The van der Waals surface area contributed by atoms with Crippen molar-refractivity contribution in [1.82, 2.24) is 19.9 Å². The number of ether oxygens (including phenoxy) is 3. The number of methoxy groups -OCH3 is 2. The van der Waals surface area contributed by atoms with Crippen LogP contribution in [0.2, 0.25) is 0 Å². The van der Waals surface area contributed by atoms with Crippen molar-refractivity contribution in [3.63, 3.8) is 0 Å². The second-order valence-corrected chi connectivity index (χ2v) is 7.00. The van der Waals surface area contributed by atoms with Crippen molar-refractivity contribution < 1.29 is 14.2 Å². The van der Waals surface area contributed by atoms with E-state index in [-0.39, 0.29) is 6.01 Å². The Morgan fingerprint density at radius 1 is 0.968 bits per heavy atom. The van der Waals surface area contributed by atoms with Crippen LogP contribution >= 0.6 is 0 Å². The van der Waals surface area contributed by atoms with Gasteiger partial charge in [-0.3, -0.25) is 0 Å². The average molecular weight is 422 g/mol. The molecule has 1 aromatic carbocycles. The number of nitrogens with zero attached hydrogens (tertiary/aromatic N) is 5. The molecule has 1 N–H and O–H groups in total. The minimum Gasteiger partial charge on any atom is -0.497 e. The molecule has 4 rings (SSSR count). The van der Waals surface area contributed by atoms with Crippen molar-refractivity contribution in [3.05, 3.63) is 48.2 Å². The van der Waals surface area contributed by atoms with Gasteiger partial charge in [0.1, 0.15) is 11.6 Å². The molecule has 0 saturated carbocycles. The summed E-state index contributed by atoms with van der Waals surface area (Å²) >= 11 is 0. The number of hydrogen-bond donors (Lipinski definition) is 1. The summed E-state index contributed by atoms with van der Waals surface area (Å²) < 4.78 is 15.9. The molecular weight excluding hydrogens is 396 g/mol. The molecule has 3 heterocycles.